The highest BCUT2D eigenvalue weighted by Crippen LogP contribution is 2.48. The van der Waals surface area contributed by atoms with E-state index in [-0.39, 0.29) is 19.2 Å². The van der Waals surface area contributed by atoms with Crippen molar-refractivity contribution in [2.75, 3.05) is 18.8 Å². The van der Waals surface area contributed by atoms with Gasteiger partial charge in [-0.15, -0.1) is 11.8 Å². The Morgan fingerprint density at radius 2 is 2.00 bits per heavy atom. The van der Waals surface area contributed by atoms with Gasteiger partial charge in [0.2, 0.25) is 0 Å². The summed E-state index contributed by atoms with van der Waals surface area (Å²) in [5.41, 5.74) is -4.25. The molecule has 0 amide bonds. The van der Waals surface area contributed by atoms with Gasteiger partial charge in [0.05, 0.1) is 12.7 Å². The summed E-state index contributed by atoms with van der Waals surface area (Å²) >= 11 is 1.49. The molecular weight excluding hydrogens is 353 g/mol. The normalized spacial score (nSPS) is 24.7. The number of rotatable bonds is 4. The van der Waals surface area contributed by atoms with Crippen molar-refractivity contribution in [3.8, 4) is 0 Å². The first-order valence-corrected chi connectivity index (χ1v) is 9.35. The van der Waals surface area contributed by atoms with Crippen molar-refractivity contribution >= 4 is 21.8 Å². The summed E-state index contributed by atoms with van der Waals surface area (Å²) in [7, 11) is -5.20. The van der Waals surface area contributed by atoms with Crippen molar-refractivity contribution in [3.63, 3.8) is 0 Å². The third-order valence-corrected chi connectivity index (χ3v) is 7.07. The molecule has 0 bridgehead atoms. The second-order valence-electron chi connectivity index (χ2n) is 5.71. The van der Waals surface area contributed by atoms with Gasteiger partial charge in [-0.1, -0.05) is 0 Å². The second kappa shape index (κ2) is 5.91. The lowest BCUT2D eigenvalue weighted by Gasteiger charge is -2.46. The molecule has 2 aliphatic heterocycles. The standard InChI is InChI=1S/C13H15F3N2O3S2/c14-13(15,16)23(19,20)18-8-12(9-18)5-11(7-22-12)21-6-10-1-3-17-4-2-10/h1-4,11H,5-9H2/t11-/m0/s1. The molecule has 3 rings (SSSR count). The minimum Gasteiger partial charge on any atom is -0.373 e. The van der Waals surface area contributed by atoms with Crippen molar-refractivity contribution < 1.29 is 26.3 Å². The highest BCUT2D eigenvalue weighted by Gasteiger charge is 2.59. The number of nitrogens with zero attached hydrogens (tertiary/aromatic N) is 2. The van der Waals surface area contributed by atoms with E-state index >= 15 is 0 Å². The van der Waals surface area contributed by atoms with Crippen LogP contribution in [0.15, 0.2) is 24.5 Å². The fraction of sp³-hybridized carbons (Fsp3) is 0.615. The van der Waals surface area contributed by atoms with Crippen LogP contribution in [-0.2, 0) is 21.4 Å². The van der Waals surface area contributed by atoms with E-state index in [1.165, 1.54) is 11.8 Å². The Bertz CT molecular complexity index is 661. The molecule has 0 aliphatic carbocycles. The fourth-order valence-corrected chi connectivity index (χ4v) is 5.58. The molecule has 1 aromatic heterocycles. The average Bonchev–Trinajstić information content (AvgIpc) is 2.88. The van der Waals surface area contributed by atoms with Crippen molar-refractivity contribution in [1.29, 1.82) is 0 Å². The van der Waals surface area contributed by atoms with Crippen molar-refractivity contribution in [3.05, 3.63) is 30.1 Å². The summed E-state index contributed by atoms with van der Waals surface area (Å²) in [5.74, 6) is 0.658. The molecule has 0 N–H and O–H groups in total. The third kappa shape index (κ3) is 3.35. The fourth-order valence-electron chi connectivity index (χ4n) is 2.74. The molecule has 10 heteroatoms. The van der Waals surface area contributed by atoms with Crippen LogP contribution in [0.5, 0.6) is 0 Å². The lowest BCUT2D eigenvalue weighted by Crippen LogP contribution is -2.62. The van der Waals surface area contributed by atoms with Crippen LogP contribution >= 0.6 is 11.8 Å². The summed E-state index contributed by atoms with van der Waals surface area (Å²) in [5, 5.41) is 0. The summed E-state index contributed by atoms with van der Waals surface area (Å²) in [6, 6.07) is 3.66. The molecule has 0 saturated carbocycles. The van der Waals surface area contributed by atoms with E-state index in [1.807, 2.05) is 12.1 Å². The summed E-state index contributed by atoms with van der Waals surface area (Å²) < 4.78 is 66.0. The molecule has 128 valence electrons. The predicted octanol–water partition coefficient (Wildman–Crippen LogP) is 2.01. The summed E-state index contributed by atoms with van der Waals surface area (Å²) in [4.78, 5) is 3.91. The van der Waals surface area contributed by atoms with Gasteiger partial charge in [0.1, 0.15) is 0 Å². The van der Waals surface area contributed by atoms with E-state index in [2.05, 4.69) is 4.98 Å². The Balaban J connectivity index is 1.52. The molecule has 2 fully saturated rings. The molecule has 5 nitrogen and oxygen atoms in total. The number of sulfonamides is 1. The molecule has 1 spiro atoms. The molecular formula is C13H15F3N2O3S2. The van der Waals surface area contributed by atoms with E-state index in [1.54, 1.807) is 12.4 Å². The zero-order chi connectivity index (χ0) is 16.7. The molecule has 0 aromatic carbocycles. The number of alkyl halides is 3. The van der Waals surface area contributed by atoms with Crippen LogP contribution in [0.1, 0.15) is 12.0 Å². The van der Waals surface area contributed by atoms with Crippen LogP contribution in [0.25, 0.3) is 0 Å². The van der Waals surface area contributed by atoms with E-state index in [0.29, 0.717) is 23.1 Å². The second-order valence-corrected chi connectivity index (χ2v) is 9.12. The van der Waals surface area contributed by atoms with Crippen LogP contribution in [0.2, 0.25) is 0 Å². The molecule has 23 heavy (non-hydrogen) atoms. The van der Waals surface area contributed by atoms with Crippen LogP contribution in [0.3, 0.4) is 0 Å². The SMILES string of the molecule is O=S(=O)(N1CC2(C[C@H](OCc3ccncc3)CS2)C1)C(F)(F)F. The molecule has 1 aromatic rings. The zero-order valence-corrected chi connectivity index (χ0v) is 13.6. The summed E-state index contributed by atoms with van der Waals surface area (Å²) in [6.45, 7) is 0.206. The van der Waals surface area contributed by atoms with Gasteiger partial charge in [-0.05, 0) is 24.1 Å². The largest absolute Gasteiger partial charge is 0.511 e. The van der Waals surface area contributed by atoms with E-state index < -0.39 is 20.3 Å². The summed E-state index contributed by atoms with van der Waals surface area (Å²) in [6.07, 6.45) is 3.81. The molecule has 0 unspecified atom stereocenters. The molecule has 2 aliphatic rings. The van der Waals surface area contributed by atoms with Gasteiger partial charge < -0.3 is 4.74 Å². The van der Waals surface area contributed by atoms with Crippen LogP contribution < -0.4 is 0 Å². The lowest BCUT2D eigenvalue weighted by atomic mass is 9.95. The molecule has 1 atom stereocenters. The van der Waals surface area contributed by atoms with E-state index in [9.17, 15) is 21.6 Å². The lowest BCUT2D eigenvalue weighted by molar-refractivity contribution is -0.0521. The Kier molecular flexibility index (Phi) is 4.36. The predicted molar refractivity (Wildman–Crippen MR) is 79.2 cm³/mol. The Labute approximate surface area is 136 Å². The Hall–Kier alpha value is -0.840. The first kappa shape index (κ1) is 17.0. The van der Waals surface area contributed by atoms with Crippen molar-refractivity contribution in [2.45, 2.75) is 29.4 Å². The highest BCUT2D eigenvalue weighted by atomic mass is 32.2. The smallest absolute Gasteiger partial charge is 0.373 e. The molecule has 2 saturated heterocycles. The Morgan fingerprint density at radius 1 is 1.35 bits per heavy atom. The molecule has 3 heterocycles. The van der Waals surface area contributed by atoms with Gasteiger partial charge in [-0.25, -0.2) is 8.42 Å². The van der Waals surface area contributed by atoms with Gasteiger partial charge in [0.15, 0.2) is 0 Å². The number of hydrogen-bond acceptors (Lipinski definition) is 5. The van der Waals surface area contributed by atoms with Crippen molar-refractivity contribution in [2.24, 2.45) is 0 Å². The van der Waals surface area contributed by atoms with E-state index in [4.69, 9.17) is 4.74 Å². The number of pyridine rings is 1. The Morgan fingerprint density at radius 3 is 2.61 bits per heavy atom. The van der Waals surface area contributed by atoms with Crippen LogP contribution in [0.4, 0.5) is 13.2 Å². The number of thioether (sulfide) groups is 1. The third-order valence-electron chi connectivity index (χ3n) is 3.97. The minimum atomic E-state index is -5.23. The van der Waals surface area contributed by atoms with Crippen molar-refractivity contribution in [1.82, 2.24) is 9.29 Å². The number of halogens is 3. The first-order valence-electron chi connectivity index (χ1n) is 6.93. The van der Waals surface area contributed by atoms with E-state index in [0.717, 1.165) is 5.56 Å². The monoisotopic (exact) mass is 368 g/mol. The highest BCUT2D eigenvalue weighted by molar-refractivity contribution is 8.01. The zero-order valence-electron chi connectivity index (χ0n) is 12.0. The van der Waals surface area contributed by atoms with Gasteiger partial charge in [-0.2, -0.15) is 17.5 Å². The van der Waals surface area contributed by atoms with Crippen LogP contribution in [0, 0.1) is 0 Å². The maximum absolute atomic E-state index is 12.5. The van der Waals surface area contributed by atoms with Gasteiger partial charge in [-0.3, -0.25) is 4.98 Å². The average molecular weight is 368 g/mol. The maximum Gasteiger partial charge on any atom is 0.511 e. The molecule has 0 radical (unpaired) electrons. The number of aromatic nitrogens is 1. The minimum absolute atomic E-state index is 0.0797. The van der Waals surface area contributed by atoms with Gasteiger partial charge >= 0.3 is 15.5 Å². The number of ether oxygens (including phenoxy) is 1. The quantitative estimate of drug-likeness (QED) is 0.814. The van der Waals surface area contributed by atoms with Gasteiger partial charge in [0.25, 0.3) is 0 Å². The van der Waals surface area contributed by atoms with Crippen LogP contribution in [-0.4, -0.2) is 52.9 Å². The topological polar surface area (TPSA) is 59.5 Å². The maximum atomic E-state index is 12.5. The van der Waals surface area contributed by atoms with Gasteiger partial charge in [0, 0.05) is 36.0 Å². The first-order chi connectivity index (χ1) is 10.7. The number of hydrogen-bond donors (Lipinski definition) is 0.